The molecule has 0 bridgehead atoms. The van der Waals surface area contributed by atoms with Gasteiger partial charge >= 0.3 is 0 Å². The minimum Gasteiger partial charge on any atom is -0.394 e. The van der Waals surface area contributed by atoms with E-state index in [1.165, 1.54) is 102 Å². The van der Waals surface area contributed by atoms with Crippen molar-refractivity contribution >= 4 is 0 Å². The Morgan fingerprint density at radius 1 is 0.848 bits per heavy atom. The maximum Gasteiger partial charge on any atom is 0.124 e. The molecule has 0 unspecified atom stereocenters. The molecule has 1 aromatic carbocycles. The number of hydrogen-bond donors (Lipinski definition) is 1. The first-order chi connectivity index (χ1) is 16.2. The largest absolute Gasteiger partial charge is 0.394 e. The van der Waals surface area contributed by atoms with E-state index >= 15 is 0 Å². The number of halogens is 1. The number of aliphatic hydroxyl groups is 1. The molecule has 1 atom stereocenters. The SMILES string of the molecule is CCCCCCCCCCCCCCCCCOC[C@H](CO)OCc1cc(F)cc(C#N)c1. The molecule has 0 aromatic heterocycles. The lowest BCUT2D eigenvalue weighted by atomic mass is 10.0. The Labute approximate surface area is 201 Å². The summed E-state index contributed by atoms with van der Waals surface area (Å²) < 4.78 is 24.7. The minimum atomic E-state index is -0.461. The van der Waals surface area contributed by atoms with E-state index < -0.39 is 11.9 Å². The molecule has 0 saturated heterocycles. The average Bonchev–Trinajstić information content (AvgIpc) is 2.82. The molecule has 0 amide bonds. The van der Waals surface area contributed by atoms with E-state index in [2.05, 4.69) is 6.92 Å². The monoisotopic (exact) mass is 463 g/mol. The molecule has 1 rings (SSSR count). The molecule has 0 aliphatic rings. The summed E-state index contributed by atoms with van der Waals surface area (Å²) >= 11 is 0. The number of aliphatic hydroxyl groups excluding tert-OH is 1. The number of benzene rings is 1. The van der Waals surface area contributed by atoms with Gasteiger partial charge in [0.25, 0.3) is 0 Å². The number of ether oxygens (including phenoxy) is 2. The van der Waals surface area contributed by atoms with Crippen LogP contribution in [-0.2, 0) is 16.1 Å². The molecule has 0 aliphatic heterocycles. The standard InChI is InChI=1S/C28H46FNO3/c1-2-3-4-5-6-7-8-9-10-11-12-13-14-15-16-17-32-24-28(22-31)33-23-26-18-25(21-30)19-27(29)20-26/h18-20,28,31H,2-17,22-24H2,1H3/t28-/m0/s1. The molecule has 1 aromatic rings. The van der Waals surface area contributed by atoms with Crippen molar-refractivity contribution in [3.05, 3.63) is 35.1 Å². The van der Waals surface area contributed by atoms with Gasteiger partial charge in [-0.15, -0.1) is 0 Å². The zero-order valence-corrected chi connectivity index (χ0v) is 20.8. The van der Waals surface area contributed by atoms with E-state index in [1.54, 1.807) is 6.07 Å². The van der Waals surface area contributed by atoms with Crippen LogP contribution in [0.2, 0.25) is 0 Å². The van der Waals surface area contributed by atoms with Crippen LogP contribution >= 0.6 is 0 Å². The van der Waals surface area contributed by atoms with E-state index in [4.69, 9.17) is 14.7 Å². The first-order valence-electron chi connectivity index (χ1n) is 13.2. The van der Waals surface area contributed by atoms with Crippen LogP contribution in [0.15, 0.2) is 18.2 Å². The molecule has 0 heterocycles. The van der Waals surface area contributed by atoms with Gasteiger partial charge in [0.2, 0.25) is 0 Å². The van der Waals surface area contributed by atoms with Gasteiger partial charge in [0.1, 0.15) is 11.9 Å². The second-order valence-electron chi connectivity index (χ2n) is 9.10. The van der Waals surface area contributed by atoms with E-state index in [-0.39, 0.29) is 18.8 Å². The first kappa shape index (κ1) is 29.6. The van der Waals surface area contributed by atoms with Crippen LogP contribution in [0, 0.1) is 17.1 Å². The van der Waals surface area contributed by atoms with E-state index in [1.807, 2.05) is 6.07 Å². The van der Waals surface area contributed by atoms with Gasteiger partial charge < -0.3 is 14.6 Å². The third-order valence-electron chi connectivity index (χ3n) is 5.97. The Morgan fingerprint density at radius 3 is 1.91 bits per heavy atom. The van der Waals surface area contributed by atoms with E-state index in [9.17, 15) is 9.50 Å². The van der Waals surface area contributed by atoms with Crippen molar-refractivity contribution in [2.24, 2.45) is 0 Å². The summed E-state index contributed by atoms with van der Waals surface area (Å²) in [6, 6.07) is 6.05. The Morgan fingerprint density at radius 2 is 1.39 bits per heavy atom. The zero-order valence-electron chi connectivity index (χ0n) is 20.8. The average molecular weight is 464 g/mol. The third-order valence-corrected chi connectivity index (χ3v) is 5.97. The Bertz CT molecular complexity index is 632. The summed E-state index contributed by atoms with van der Waals surface area (Å²) in [5, 5.41) is 18.4. The van der Waals surface area contributed by atoms with E-state index in [0.29, 0.717) is 18.8 Å². The highest BCUT2D eigenvalue weighted by Gasteiger charge is 2.09. The molecular formula is C28H46FNO3. The summed E-state index contributed by atoms with van der Waals surface area (Å²) in [5.74, 6) is -0.461. The molecular weight excluding hydrogens is 417 g/mol. The van der Waals surface area contributed by atoms with Gasteiger partial charge in [-0.3, -0.25) is 0 Å². The summed E-state index contributed by atoms with van der Waals surface area (Å²) in [7, 11) is 0. The number of nitriles is 1. The number of unbranched alkanes of at least 4 members (excludes halogenated alkanes) is 14. The van der Waals surface area contributed by atoms with Crippen LogP contribution in [0.4, 0.5) is 4.39 Å². The Kier molecular flexibility index (Phi) is 18.9. The second kappa shape index (κ2) is 21.1. The summed E-state index contributed by atoms with van der Waals surface area (Å²) in [6.45, 7) is 3.23. The predicted molar refractivity (Wildman–Crippen MR) is 133 cm³/mol. The van der Waals surface area contributed by atoms with Crippen LogP contribution in [0.1, 0.15) is 114 Å². The highest BCUT2D eigenvalue weighted by molar-refractivity contribution is 5.33. The van der Waals surface area contributed by atoms with Crippen molar-refractivity contribution in [3.63, 3.8) is 0 Å². The Hall–Kier alpha value is -1.48. The van der Waals surface area contributed by atoms with Gasteiger partial charge in [-0.05, 0) is 30.2 Å². The fraction of sp³-hybridized carbons (Fsp3) is 0.750. The molecule has 0 fully saturated rings. The van der Waals surface area contributed by atoms with E-state index in [0.717, 1.165) is 6.42 Å². The maximum atomic E-state index is 13.5. The van der Waals surface area contributed by atoms with Gasteiger partial charge in [0.05, 0.1) is 31.5 Å². The van der Waals surface area contributed by atoms with Gasteiger partial charge in [-0.25, -0.2) is 4.39 Å². The lowest BCUT2D eigenvalue weighted by Crippen LogP contribution is -2.24. The second-order valence-corrected chi connectivity index (χ2v) is 9.10. The molecule has 33 heavy (non-hydrogen) atoms. The van der Waals surface area contributed by atoms with Crippen LogP contribution in [0.3, 0.4) is 0 Å². The minimum absolute atomic E-state index is 0.139. The molecule has 0 saturated carbocycles. The van der Waals surface area contributed by atoms with Crippen LogP contribution in [-0.4, -0.2) is 31.0 Å². The smallest absolute Gasteiger partial charge is 0.124 e. The van der Waals surface area contributed by atoms with Gasteiger partial charge in [-0.2, -0.15) is 5.26 Å². The molecule has 1 N–H and O–H groups in total. The number of rotatable bonds is 22. The third kappa shape index (κ3) is 16.7. The normalized spacial score (nSPS) is 12.1. The molecule has 0 spiro atoms. The number of nitrogens with zero attached hydrogens (tertiary/aromatic N) is 1. The van der Waals surface area contributed by atoms with Crippen molar-refractivity contribution in [1.29, 1.82) is 5.26 Å². The molecule has 4 nitrogen and oxygen atoms in total. The zero-order chi connectivity index (χ0) is 24.0. The highest BCUT2D eigenvalue weighted by Crippen LogP contribution is 2.14. The summed E-state index contributed by atoms with van der Waals surface area (Å²) in [4.78, 5) is 0. The van der Waals surface area contributed by atoms with Gasteiger partial charge in [-0.1, -0.05) is 96.8 Å². The van der Waals surface area contributed by atoms with Crippen molar-refractivity contribution < 1.29 is 19.0 Å². The fourth-order valence-electron chi connectivity index (χ4n) is 3.96. The Balaban J connectivity index is 1.91. The lowest BCUT2D eigenvalue weighted by molar-refractivity contribution is -0.0503. The fourth-order valence-corrected chi connectivity index (χ4v) is 3.96. The van der Waals surface area contributed by atoms with Gasteiger partial charge in [0.15, 0.2) is 0 Å². The summed E-state index contributed by atoms with van der Waals surface area (Å²) in [6.07, 6.45) is 19.6. The molecule has 188 valence electrons. The maximum absolute atomic E-state index is 13.5. The van der Waals surface area contributed by atoms with Gasteiger partial charge in [0, 0.05) is 6.61 Å². The first-order valence-corrected chi connectivity index (χ1v) is 13.2. The van der Waals surface area contributed by atoms with Crippen molar-refractivity contribution in [2.45, 2.75) is 116 Å². The van der Waals surface area contributed by atoms with Crippen LogP contribution < -0.4 is 0 Å². The van der Waals surface area contributed by atoms with Crippen LogP contribution in [0.5, 0.6) is 0 Å². The van der Waals surface area contributed by atoms with Crippen LogP contribution in [0.25, 0.3) is 0 Å². The molecule has 0 radical (unpaired) electrons. The van der Waals surface area contributed by atoms with Crippen molar-refractivity contribution in [3.8, 4) is 6.07 Å². The quantitative estimate of drug-likeness (QED) is 0.181. The number of hydrogen-bond acceptors (Lipinski definition) is 4. The lowest BCUT2D eigenvalue weighted by Gasteiger charge is -2.16. The molecule has 5 heteroatoms. The topological polar surface area (TPSA) is 62.5 Å². The van der Waals surface area contributed by atoms with Crippen molar-refractivity contribution in [1.82, 2.24) is 0 Å². The predicted octanol–water partition coefficient (Wildman–Crippen LogP) is 7.46. The van der Waals surface area contributed by atoms with Crippen molar-refractivity contribution in [2.75, 3.05) is 19.8 Å². The summed E-state index contributed by atoms with van der Waals surface area (Å²) in [5.41, 5.74) is 0.839. The highest BCUT2D eigenvalue weighted by atomic mass is 19.1. The molecule has 0 aliphatic carbocycles.